The number of allylic oxidation sites excluding steroid dienone is 5. The Bertz CT molecular complexity index is 1670. The van der Waals surface area contributed by atoms with Gasteiger partial charge in [0, 0.05) is 22.6 Å². The second kappa shape index (κ2) is 8.87. The Morgan fingerprint density at radius 1 is 0.944 bits per heavy atom. The summed E-state index contributed by atoms with van der Waals surface area (Å²) in [5.41, 5.74) is 9.28. The minimum atomic E-state index is 0.663. The molecule has 1 radical (unpaired) electrons. The Balaban J connectivity index is 1.30. The van der Waals surface area contributed by atoms with E-state index in [1.54, 1.807) is 22.7 Å². The fraction of sp³-hybridized carbons (Fsp3) is 0.100. The third kappa shape index (κ3) is 3.93. The molecule has 36 heavy (non-hydrogen) atoms. The molecule has 1 aromatic heterocycles. The number of aromatic nitrogens is 1. The van der Waals surface area contributed by atoms with E-state index in [1.165, 1.54) is 10.3 Å². The number of thiazole rings is 1. The number of nitrogens with zero attached hydrogens (tertiary/aromatic N) is 3. The molecule has 6 rings (SSSR count). The highest BCUT2D eigenvalue weighted by Crippen LogP contribution is 2.36. The van der Waals surface area contributed by atoms with Crippen LogP contribution < -0.4 is 10.2 Å². The SMILES string of the molecule is CC1=CC(=C(C#N)C2=[S]c3ccccc3N2)C=C(C)N1c1ccc(-c2nc3ccc(C)cc3s2)cc1. The van der Waals surface area contributed by atoms with Crippen molar-refractivity contribution in [1.82, 2.24) is 4.98 Å². The zero-order chi connectivity index (χ0) is 24.8. The summed E-state index contributed by atoms with van der Waals surface area (Å²) in [6.07, 6.45) is 4.18. The van der Waals surface area contributed by atoms with Crippen LogP contribution in [0.1, 0.15) is 19.4 Å². The molecule has 4 aromatic rings. The van der Waals surface area contributed by atoms with Crippen molar-refractivity contribution in [2.24, 2.45) is 0 Å². The summed E-state index contributed by atoms with van der Waals surface area (Å²) < 4.78 is 1.21. The van der Waals surface area contributed by atoms with E-state index in [2.05, 4.69) is 97.7 Å². The summed E-state index contributed by atoms with van der Waals surface area (Å²) in [4.78, 5) is 9.07. The number of hydrogen-bond donors (Lipinski definition) is 1. The van der Waals surface area contributed by atoms with E-state index in [0.29, 0.717) is 5.57 Å². The molecule has 0 saturated carbocycles. The molecule has 0 aliphatic carbocycles. The first-order valence-corrected chi connectivity index (χ1v) is 13.3. The summed E-state index contributed by atoms with van der Waals surface area (Å²) in [5, 5.41) is 14.5. The van der Waals surface area contributed by atoms with Crippen LogP contribution in [0.25, 0.3) is 20.8 Å². The lowest BCUT2D eigenvalue weighted by atomic mass is 10.0. The molecule has 0 bridgehead atoms. The molecule has 0 saturated heterocycles. The molecule has 3 aromatic carbocycles. The Morgan fingerprint density at radius 3 is 2.42 bits per heavy atom. The molecular formula is C30H23N4S2. The molecule has 2 aliphatic rings. The number of fused-ring (bicyclic) bond motifs is 2. The number of anilines is 2. The topological polar surface area (TPSA) is 52.0 Å². The Hall–Kier alpha value is -4.05. The summed E-state index contributed by atoms with van der Waals surface area (Å²) in [5.74, 6) is 0. The summed E-state index contributed by atoms with van der Waals surface area (Å²) in [7, 11) is 0. The van der Waals surface area contributed by atoms with E-state index in [0.717, 1.165) is 54.3 Å². The van der Waals surface area contributed by atoms with Crippen molar-refractivity contribution < 1.29 is 0 Å². The van der Waals surface area contributed by atoms with Gasteiger partial charge in [-0.3, -0.25) is 0 Å². The largest absolute Gasteiger partial charge is 0.345 e. The smallest absolute Gasteiger partial charge is 0.124 e. The van der Waals surface area contributed by atoms with E-state index >= 15 is 0 Å². The van der Waals surface area contributed by atoms with Crippen LogP contribution in [0.15, 0.2) is 106 Å². The molecule has 0 fully saturated rings. The van der Waals surface area contributed by atoms with Gasteiger partial charge in [0.2, 0.25) is 0 Å². The molecule has 0 amide bonds. The normalized spacial score (nSPS) is 14.6. The first kappa shape index (κ1) is 22.4. The van der Waals surface area contributed by atoms with E-state index in [9.17, 15) is 5.26 Å². The summed E-state index contributed by atoms with van der Waals surface area (Å²) in [6.45, 7) is 6.28. The lowest BCUT2D eigenvalue weighted by molar-refractivity contribution is 1.04. The molecule has 4 nitrogen and oxygen atoms in total. The fourth-order valence-corrected chi connectivity index (χ4v) is 6.73. The number of benzene rings is 3. The molecule has 2 aliphatic heterocycles. The van der Waals surface area contributed by atoms with Crippen molar-refractivity contribution in [2.75, 3.05) is 10.2 Å². The highest BCUT2D eigenvalue weighted by atomic mass is 32.1. The number of hydrogen-bond acceptors (Lipinski definition) is 5. The van der Waals surface area contributed by atoms with Gasteiger partial charge < -0.3 is 10.2 Å². The first-order valence-electron chi connectivity index (χ1n) is 11.7. The van der Waals surface area contributed by atoms with Crippen molar-refractivity contribution in [3.63, 3.8) is 0 Å². The Morgan fingerprint density at radius 2 is 1.69 bits per heavy atom. The fourth-order valence-electron chi connectivity index (χ4n) is 4.64. The third-order valence-corrected chi connectivity index (χ3v) is 8.48. The molecule has 0 unspecified atom stereocenters. The van der Waals surface area contributed by atoms with Crippen LogP contribution >= 0.6 is 22.7 Å². The summed E-state index contributed by atoms with van der Waals surface area (Å²) >= 11 is 3.34. The monoisotopic (exact) mass is 503 g/mol. The highest BCUT2D eigenvalue weighted by molar-refractivity contribution is 8.00. The predicted molar refractivity (Wildman–Crippen MR) is 153 cm³/mol. The van der Waals surface area contributed by atoms with Crippen LogP contribution in [-0.2, 0) is 0 Å². The number of aryl methyl sites for hydroxylation is 1. The van der Waals surface area contributed by atoms with Gasteiger partial charge in [0.15, 0.2) is 0 Å². The van der Waals surface area contributed by atoms with Gasteiger partial charge in [-0.1, -0.05) is 18.2 Å². The van der Waals surface area contributed by atoms with E-state index in [1.807, 2.05) is 18.2 Å². The van der Waals surface area contributed by atoms with E-state index < -0.39 is 0 Å². The highest BCUT2D eigenvalue weighted by Gasteiger charge is 2.22. The molecule has 0 spiro atoms. The van der Waals surface area contributed by atoms with Crippen molar-refractivity contribution in [2.45, 2.75) is 25.7 Å². The van der Waals surface area contributed by atoms with Crippen LogP contribution in [0.3, 0.4) is 0 Å². The third-order valence-electron chi connectivity index (χ3n) is 6.33. The van der Waals surface area contributed by atoms with Crippen LogP contribution in [0.5, 0.6) is 0 Å². The second-order valence-electron chi connectivity index (χ2n) is 8.94. The molecule has 175 valence electrons. The van der Waals surface area contributed by atoms with Crippen molar-refractivity contribution in [3.8, 4) is 16.6 Å². The maximum absolute atomic E-state index is 10.0. The number of para-hydroxylation sites is 1. The number of rotatable bonds is 3. The lowest BCUT2D eigenvalue weighted by Crippen LogP contribution is -2.22. The first-order chi connectivity index (χ1) is 17.5. The minimum absolute atomic E-state index is 0.663. The van der Waals surface area contributed by atoms with Gasteiger partial charge in [-0.25, -0.2) is 4.98 Å². The van der Waals surface area contributed by atoms with Crippen molar-refractivity contribution in [3.05, 3.63) is 107 Å². The number of nitriles is 1. The molecule has 1 N–H and O–H groups in total. The van der Waals surface area contributed by atoms with Crippen LogP contribution in [0, 0.1) is 18.3 Å². The van der Waals surface area contributed by atoms with Crippen LogP contribution in [0.2, 0.25) is 0 Å². The molecule has 0 atom stereocenters. The Labute approximate surface area is 218 Å². The maximum Gasteiger partial charge on any atom is 0.124 e. The minimum Gasteiger partial charge on any atom is -0.345 e. The number of nitrogens with one attached hydrogen (secondary N) is 1. The van der Waals surface area contributed by atoms with Crippen LogP contribution in [-0.4, -0.2) is 9.97 Å². The van der Waals surface area contributed by atoms with Crippen molar-refractivity contribution >= 4 is 49.3 Å². The van der Waals surface area contributed by atoms with Gasteiger partial charge in [-0.15, -0.1) is 22.7 Å². The maximum atomic E-state index is 10.0. The van der Waals surface area contributed by atoms with Gasteiger partial charge >= 0.3 is 0 Å². The van der Waals surface area contributed by atoms with Gasteiger partial charge in [-0.2, -0.15) is 5.26 Å². The zero-order valence-electron chi connectivity index (χ0n) is 20.2. The van der Waals surface area contributed by atoms with E-state index in [-0.39, 0.29) is 0 Å². The predicted octanol–water partition coefficient (Wildman–Crippen LogP) is 8.07. The summed E-state index contributed by atoms with van der Waals surface area (Å²) in [6, 6.07) is 25.5. The Kier molecular flexibility index (Phi) is 5.52. The van der Waals surface area contributed by atoms with Crippen LogP contribution in [0.4, 0.5) is 11.4 Å². The average Bonchev–Trinajstić information content (AvgIpc) is 3.48. The van der Waals surface area contributed by atoms with Gasteiger partial charge in [0.25, 0.3) is 0 Å². The van der Waals surface area contributed by atoms with Gasteiger partial charge in [-0.05, 0) is 92.6 Å². The molecule has 6 heteroatoms. The average molecular weight is 504 g/mol. The standard InChI is InChI=1S/C30H23N4S2/c1-18-8-13-26-28(14-18)36-29(32-26)21-9-11-23(12-10-21)34-19(2)15-22(16-20(34)3)24(17-31)30-33-25-6-4-5-7-27(25)35-30/h4-16,33H,1-3H3. The molecule has 3 heterocycles. The molecular weight excluding hydrogens is 480 g/mol. The van der Waals surface area contributed by atoms with Crippen molar-refractivity contribution in [1.29, 1.82) is 5.26 Å². The quantitative estimate of drug-likeness (QED) is 0.174. The van der Waals surface area contributed by atoms with Gasteiger partial charge in [0.1, 0.15) is 16.1 Å². The second-order valence-corrected chi connectivity index (χ2v) is 11.0. The van der Waals surface area contributed by atoms with Gasteiger partial charge in [0.05, 0.1) is 26.4 Å². The van der Waals surface area contributed by atoms with E-state index in [4.69, 9.17) is 4.98 Å². The zero-order valence-corrected chi connectivity index (χ0v) is 21.8. The lowest BCUT2D eigenvalue weighted by Gasteiger charge is -2.30.